The van der Waals surface area contributed by atoms with Gasteiger partial charge in [-0.2, -0.15) is 0 Å². The van der Waals surface area contributed by atoms with E-state index in [-0.39, 0.29) is 22.2 Å². The van der Waals surface area contributed by atoms with Crippen LogP contribution >= 0.6 is 11.3 Å². The van der Waals surface area contributed by atoms with Gasteiger partial charge in [-0.25, -0.2) is 9.78 Å². The number of aliphatic hydroxyl groups excluding tert-OH is 1. The van der Waals surface area contributed by atoms with Crippen LogP contribution in [0.5, 0.6) is 0 Å². The van der Waals surface area contributed by atoms with Crippen LogP contribution in [0, 0.1) is 13.8 Å². The van der Waals surface area contributed by atoms with Crippen molar-refractivity contribution in [2.75, 3.05) is 11.9 Å². The summed E-state index contributed by atoms with van der Waals surface area (Å²) in [5.74, 6) is -2.33. The molecule has 9 heteroatoms. The Kier molecular flexibility index (Phi) is 5.84. The van der Waals surface area contributed by atoms with E-state index in [4.69, 9.17) is 5.11 Å². The number of aromatic nitrogens is 1. The highest BCUT2D eigenvalue weighted by Crippen LogP contribution is 2.22. The summed E-state index contributed by atoms with van der Waals surface area (Å²) in [6.07, 6.45) is -1.49. The minimum atomic E-state index is -1.49. The summed E-state index contributed by atoms with van der Waals surface area (Å²) in [7, 11) is 0. The summed E-state index contributed by atoms with van der Waals surface area (Å²) in [5, 5.41) is 23.7. The zero-order chi connectivity index (χ0) is 18.6. The zero-order valence-electron chi connectivity index (χ0n) is 13.6. The number of anilines is 1. The van der Waals surface area contributed by atoms with Crippen LogP contribution in [0.2, 0.25) is 0 Å². The van der Waals surface area contributed by atoms with E-state index >= 15 is 0 Å². The van der Waals surface area contributed by atoms with Crippen LogP contribution in [-0.4, -0.2) is 45.6 Å². The lowest BCUT2D eigenvalue weighted by Gasteiger charge is -2.11. The van der Waals surface area contributed by atoms with Crippen LogP contribution in [0.3, 0.4) is 0 Å². The molecule has 0 spiro atoms. The minimum absolute atomic E-state index is 0.0116. The van der Waals surface area contributed by atoms with E-state index in [9.17, 15) is 19.5 Å². The third kappa shape index (κ3) is 4.85. The third-order valence-corrected chi connectivity index (χ3v) is 4.32. The number of carbonyl (C=O) groups is 3. The Morgan fingerprint density at radius 3 is 2.60 bits per heavy atom. The van der Waals surface area contributed by atoms with Crippen molar-refractivity contribution in [3.63, 3.8) is 0 Å². The second kappa shape index (κ2) is 7.86. The number of carboxylic acids is 1. The summed E-state index contributed by atoms with van der Waals surface area (Å²) in [4.78, 5) is 38.8. The van der Waals surface area contributed by atoms with Gasteiger partial charge < -0.3 is 15.5 Å². The van der Waals surface area contributed by atoms with Gasteiger partial charge in [0.1, 0.15) is 11.0 Å². The number of aliphatic hydroxyl groups is 1. The number of thiazole rings is 1. The number of rotatable bonds is 6. The first-order chi connectivity index (χ1) is 11.8. The monoisotopic (exact) mass is 363 g/mol. The molecule has 1 atom stereocenters. The van der Waals surface area contributed by atoms with Crippen molar-refractivity contribution >= 4 is 34.3 Å². The highest BCUT2D eigenvalue weighted by molar-refractivity contribution is 7.17. The quantitative estimate of drug-likeness (QED) is 0.610. The molecule has 8 nitrogen and oxygen atoms in total. The number of hydrogen-bond donors (Lipinski definition) is 4. The van der Waals surface area contributed by atoms with Crippen LogP contribution in [-0.2, 0) is 4.79 Å². The van der Waals surface area contributed by atoms with Gasteiger partial charge >= 0.3 is 5.97 Å². The molecule has 132 valence electrons. The van der Waals surface area contributed by atoms with E-state index in [1.165, 1.54) is 6.92 Å². The molecule has 0 fully saturated rings. The fourth-order valence-electron chi connectivity index (χ4n) is 2.01. The van der Waals surface area contributed by atoms with Crippen LogP contribution in [0.15, 0.2) is 24.3 Å². The second-order valence-electron chi connectivity index (χ2n) is 5.32. The van der Waals surface area contributed by atoms with Crippen molar-refractivity contribution in [2.45, 2.75) is 20.0 Å². The summed E-state index contributed by atoms with van der Waals surface area (Å²) < 4.78 is 0. The van der Waals surface area contributed by atoms with Gasteiger partial charge in [0.15, 0.2) is 5.13 Å². The standard InChI is InChI=1S/C16H17N3O5S/c1-8-4-3-5-10(6-8)13(21)17-7-11(20)14(22)19-16-18-9(2)12(25-16)15(23)24/h3-6,11,20H,7H2,1-2H3,(H,17,21)(H,23,24)(H,18,19,22)/t11-/m0/s1. The minimum Gasteiger partial charge on any atom is -0.477 e. The zero-order valence-corrected chi connectivity index (χ0v) is 14.4. The fraction of sp³-hybridized carbons (Fsp3) is 0.250. The van der Waals surface area contributed by atoms with Gasteiger partial charge in [0.05, 0.1) is 12.2 Å². The first-order valence-corrected chi connectivity index (χ1v) is 8.14. The second-order valence-corrected chi connectivity index (χ2v) is 6.32. The first kappa shape index (κ1) is 18.6. The maximum atomic E-state index is 12.0. The largest absolute Gasteiger partial charge is 0.477 e. The number of nitrogens with one attached hydrogen (secondary N) is 2. The third-order valence-electron chi connectivity index (χ3n) is 3.26. The summed E-state index contributed by atoms with van der Waals surface area (Å²) in [6.45, 7) is 3.07. The predicted molar refractivity (Wildman–Crippen MR) is 92.0 cm³/mol. The van der Waals surface area contributed by atoms with E-state index in [1.807, 2.05) is 13.0 Å². The SMILES string of the molecule is Cc1cccc(C(=O)NC[C@H](O)C(=O)Nc2nc(C)c(C(=O)O)s2)c1. The molecule has 0 unspecified atom stereocenters. The molecule has 2 rings (SSSR count). The number of carbonyl (C=O) groups excluding carboxylic acids is 2. The first-order valence-electron chi connectivity index (χ1n) is 7.32. The fourth-order valence-corrected chi connectivity index (χ4v) is 2.82. The van der Waals surface area contributed by atoms with Gasteiger partial charge in [-0.1, -0.05) is 29.0 Å². The van der Waals surface area contributed by atoms with Gasteiger partial charge in [0.25, 0.3) is 11.8 Å². The molecule has 4 N–H and O–H groups in total. The van der Waals surface area contributed by atoms with Crippen LogP contribution in [0.25, 0.3) is 0 Å². The molecule has 0 bridgehead atoms. The van der Waals surface area contributed by atoms with Gasteiger partial charge in [-0.3, -0.25) is 14.9 Å². The van der Waals surface area contributed by atoms with Crippen LogP contribution in [0.1, 0.15) is 31.3 Å². The number of aryl methyl sites for hydroxylation is 2. The maximum absolute atomic E-state index is 12.0. The number of aromatic carboxylic acids is 1. The molecule has 1 heterocycles. The molecule has 1 aromatic carbocycles. The van der Waals surface area contributed by atoms with E-state index in [0.29, 0.717) is 5.56 Å². The molecular weight excluding hydrogens is 346 g/mol. The van der Waals surface area contributed by atoms with Gasteiger partial charge in [0, 0.05) is 5.56 Å². The van der Waals surface area contributed by atoms with E-state index < -0.39 is 23.9 Å². The van der Waals surface area contributed by atoms with Crippen molar-refractivity contribution in [1.82, 2.24) is 10.3 Å². The lowest BCUT2D eigenvalue weighted by molar-refractivity contribution is -0.123. The Balaban J connectivity index is 1.91. The Labute approximate surface area is 147 Å². The molecule has 0 radical (unpaired) electrons. The molecular formula is C16H17N3O5S. The van der Waals surface area contributed by atoms with Crippen molar-refractivity contribution in [3.05, 3.63) is 46.0 Å². The summed E-state index contributed by atoms with van der Waals surface area (Å²) >= 11 is 0.795. The molecule has 2 amide bonds. The number of hydrogen-bond acceptors (Lipinski definition) is 6. The summed E-state index contributed by atoms with van der Waals surface area (Å²) in [6, 6.07) is 6.90. The van der Waals surface area contributed by atoms with E-state index in [0.717, 1.165) is 16.9 Å². The molecule has 0 saturated heterocycles. The molecule has 0 aliphatic heterocycles. The highest BCUT2D eigenvalue weighted by atomic mass is 32.1. The Morgan fingerprint density at radius 1 is 1.28 bits per heavy atom. The molecule has 25 heavy (non-hydrogen) atoms. The lowest BCUT2D eigenvalue weighted by Crippen LogP contribution is -2.39. The highest BCUT2D eigenvalue weighted by Gasteiger charge is 2.20. The topological polar surface area (TPSA) is 129 Å². The molecule has 0 saturated carbocycles. The number of benzene rings is 1. The number of nitrogens with zero attached hydrogens (tertiary/aromatic N) is 1. The average molecular weight is 363 g/mol. The lowest BCUT2D eigenvalue weighted by atomic mass is 10.1. The van der Waals surface area contributed by atoms with Crippen molar-refractivity contribution < 1.29 is 24.6 Å². The predicted octanol–water partition coefficient (Wildman–Crippen LogP) is 1.19. The van der Waals surface area contributed by atoms with E-state index in [1.54, 1.807) is 18.2 Å². The van der Waals surface area contributed by atoms with Gasteiger partial charge in [-0.05, 0) is 26.0 Å². The number of carboxylic acid groups (broad SMARTS) is 1. The Morgan fingerprint density at radius 2 is 2.00 bits per heavy atom. The van der Waals surface area contributed by atoms with Crippen molar-refractivity contribution in [2.24, 2.45) is 0 Å². The molecule has 1 aromatic heterocycles. The maximum Gasteiger partial charge on any atom is 0.347 e. The smallest absolute Gasteiger partial charge is 0.347 e. The van der Waals surface area contributed by atoms with Crippen molar-refractivity contribution in [3.8, 4) is 0 Å². The van der Waals surface area contributed by atoms with Crippen LogP contribution < -0.4 is 10.6 Å². The molecule has 0 aliphatic rings. The van der Waals surface area contributed by atoms with Gasteiger partial charge in [0.2, 0.25) is 0 Å². The Bertz CT molecular complexity index is 818. The van der Waals surface area contributed by atoms with Crippen LogP contribution in [0.4, 0.5) is 5.13 Å². The molecule has 0 aliphatic carbocycles. The van der Waals surface area contributed by atoms with Crippen molar-refractivity contribution in [1.29, 1.82) is 0 Å². The van der Waals surface area contributed by atoms with Gasteiger partial charge in [-0.15, -0.1) is 0 Å². The normalized spacial score (nSPS) is 11.6. The summed E-state index contributed by atoms with van der Waals surface area (Å²) in [5.41, 5.74) is 1.61. The Hall–Kier alpha value is -2.78. The van der Waals surface area contributed by atoms with E-state index in [2.05, 4.69) is 15.6 Å². The average Bonchev–Trinajstić information content (AvgIpc) is 2.92. The molecule has 2 aromatic rings. The number of amides is 2.